The summed E-state index contributed by atoms with van der Waals surface area (Å²) in [6, 6.07) is 17.0. The average molecular weight is 343 g/mol. The minimum Gasteiger partial charge on any atom is -0.492 e. The quantitative estimate of drug-likeness (QED) is 0.685. The first-order valence-electron chi connectivity index (χ1n) is 8.33. The molecule has 0 aliphatic heterocycles. The summed E-state index contributed by atoms with van der Waals surface area (Å²) in [5.74, 6) is 0.481. The van der Waals surface area contributed by atoms with Crippen molar-refractivity contribution in [1.82, 2.24) is 5.32 Å². The lowest BCUT2D eigenvalue weighted by atomic mass is 10.1. The van der Waals surface area contributed by atoms with Crippen LogP contribution in [0.5, 0.6) is 5.75 Å². The summed E-state index contributed by atoms with van der Waals surface area (Å²) < 4.78 is 10.4. The standard InChI is InChI=1S/C20H25NO4/c1-15(21-13-19(22)17-6-4-3-5-7-17)14-25-18-10-8-16(9-11-18)12-20(23)24-2/h3-11,15,19,21-22H,12-14H2,1-2H3. The summed E-state index contributed by atoms with van der Waals surface area (Å²) in [4.78, 5) is 11.2. The van der Waals surface area contributed by atoms with E-state index in [-0.39, 0.29) is 18.4 Å². The van der Waals surface area contributed by atoms with Gasteiger partial charge in [-0.05, 0) is 30.2 Å². The van der Waals surface area contributed by atoms with Crippen LogP contribution in [-0.2, 0) is 16.0 Å². The van der Waals surface area contributed by atoms with E-state index in [1.807, 2.05) is 61.5 Å². The molecule has 2 rings (SSSR count). The second-order valence-corrected chi connectivity index (χ2v) is 5.94. The van der Waals surface area contributed by atoms with E-state index in [4.69, 9.17) is 4.74 Å². The molecule has 5 heteroatoms. The van der Waals surface area contributed by atoms with Crippen molar-refractivity contribution in [1.29, 1.82) is 0 Å². The van der Waals surface area contributed by atoms with Gasteiger partial charge >= 0.3 is 5.97 Å². The molecule has 0 fully saturated rings. The average Bonchev–Trinajstić information content (AvgIpc) is 2.66. The first kappa shape index (κ1) is 19.0. The molecule has 2 aromatic rings. The highest BCUT2D eigenvalue weighted by Gasteiger charge is 2.09. The van der Waals surface area contributed by atoms with Gasteiger partial charge in [0, 0.05) is 12.6 Å². The Bertz CT molecular complexity index is 643. The van der Waals surface area contributed by atoms with Gasteiger partial charge in [-0.15, -0.1) is 0 Å². The Morgan fingerprint density at radius 2 is 1.80 bits per heavy atom. The van der Waals surface area contributed by atoms with E-state index in [0.717, 1.165) is 16.9 Å². The van der Waals surface area contributed by atoms with Crippen molar-refractivity contribution in [2.45, 2.75) is 25.5 Å². The third kappa shape index (κ3) is 6.57. The first-order chi connectivity index (χ1) is 12.1. The van der Waals surface area contributed by atoms with E-state index in [9.17, 15) is 9.90 Å². The van der Waals surface area contributed by atoms with Crippen molar-refractivity contribution in [2.75, 3.05) is 20.3 Å². The molecule has 2 aromatic carbocycles. The lowest BCUT2D eigenvalue weighted by molar-refractivity contribution is -0.139. The molecule has 25 heavy (non-hydrogen) atoms. The van der Waals surface area contributed by atoms with Crippen LogP contribution in [0.4, 0.5) is 0 Å². The van der Waals surface area contributed by atoms with Gasteiger partial charge in [-0.2, -0.15) is 0 Å². The highest BCUT2D eigenvalue weighted by Crippen LogP contribution is 2.14. The third-order valence-corrected chi connectivity index (χ3v) is 3.84. The zero-order chi connectivity index (χ0) is 18.1. The molecule has 0 aliphatic carbocycles. The Balaban J connectivity index is 1.72. The number of methoxy groups -OCH3 is 1. The molecule has 0 saturated carbocycles. The predicted molar refractivity (Wildman–Crippen MR) is 96.5 cm³/mol. The summed E-state index contributed by atoms with van der Waals surface area (Å²) in [6.45, 7) is 2.95. The van der Waals surface area contributed by atoms with Gasteiger partial charge in [0.05, 0.1) is 19.6 Å². The van der Waals surface area contributed by atoms with E-state index in [1.54, 1.807) is 0 Å². The van der Waals surface area contributed by atoms with E-state index in [1.165, 1.54) is 7.11 Å². The zero-order valence-corrected chi connectivity index (χ0v) is 14.6. The SMILES string of the molecule is COC(=O)Cc1ccc(OCC(C)NCC(O)c2ccccc2)cc1. The molecule has 134 valence electrons. The third-order valence-electron chi connectivity index (χ3n) is 3.84. The number of ether oxygens (including phenoxy) is 2. The lowest BCUT2D eigenvalue weighted by Crippen LogP contribution is -2.34. The van der Waals surface area contributed by atoms with Crippen molar-refractivity contribution < 1.29 is 19.4 Å². The molecule has 0 aromatic heterocycles. The van der Waals surface area contributed by atoms with Crippen LogP contribution in [0.1, 0.15) is 24.2 Å². The van der Waals surface area contributed by atoms with Gasteiger partial charge < -0.3 is 19.9 Å². The van der Waals surface area contributed by atoms with Crippen LogP contribution >= 0.6 is 0 Å². The van der Waals surface area contributed by atoms with Crippen LogP contribution in [0.15, 0.2) is 54.6 Å². The van der Waals surface area contributed by atoms with Crippen molar-refractivity contribution in [3.8, 4) is 5.75 Å². The normalized spacial score (nSPS) is 13.1. The van der Waals surface area contributed by atoms with E-state index in [0.29, 0.717) is 13.2 Å². The summed E-state index contributed by atoms with van der Waals surface area (Å²) in [5.41, 5.74) is 1.78. The summed E-state index contributed by atoms with van der Waals surface area (Å²) in [5, 5.41) is 13.4. The molecule has 0 aliphatic rings. The van der Waals surface area contributed by atoms with Crippen molar-refractivity contribution >= 4 is 5.97 Å². The molecule has 0 saturated heterocycles. The van der Waals surface area contributed by atoms with E-state index >= 15 is 0 Å². The maximum absolute atomic E-state index is 11.2. The highest BCUT2D eigenvalue weighted by atomic mass is 16.5. The van der Waals surface area contributed by atoms with Crippen LogP contribution in [0, 0.1) is 0 Å². The minimum atomic E-state index is -0.541. The number of esters is 1. The number of hydrogen-bond donors (Lipinski definition) is 2. The van der Waals surface area contributed by atoms with Crippen molar-refractivity contribution in [2.24, 2.45) is 0 Å². The Morgan fingerprint density at radius 3 is 2.44 bits per heavy atom. The molecule has 5 nitrogen and oxygen atoms in total. The van der Waals surface area contributed by atoms with Crippen LogP contribution < -0.4 is 10.1 Å². The Morgan fingerprint density at radius 1 is 1.12 bits per heavy atom. The van der Waals surface area contributed by atoms with Gasteiger partial charge in [0.1, 0.15) is 12.4 Å². The number of nitrogens with one attached hydrogen (secondary N) is 1. The second kappa shape index (κ2) is 9.81. The van der Waals surface area contributed by atoms with Gasteiger partial charge in [0.15, 0.2) is 0 Å². The molecule has 0 heterocycles. The molecule has 0 radical (unpaired) electrons. The second-order valence-electron chi connectivity index (χ2n) is 5.94. The van der Waals surface area contributed by atoms with Gasteiger partial charge in [-0.3, -0.25) is 4.79 Å². The Labute approximate surface area is 148 Å². The van der Waals surface area contributed by atoms with Crippen molar-refractivity contribution in [3.05, 3.63) is 65.7 Å². The number of aliphatic hydroxyl groups is 1. The van der Waals surface area contributed by atoms with E-state index < -0.39 is 6.10 Å². The Kier molecular flexibility index (Phi) is 7.44. The smallest absolute Gasteiger partial charge is 0.309 e. The number of benzene rings is 2. The van der Waals surface area contributed by atoms with Crippen molar-refractivity contribution in [3.63, 3.8) is 0 Å². The number of carbonyl (C=O) groups is 1. The predicted octanol–water partition coefficient (Wildman–Crippen LogP) is 2.49. The molecule has 2 unspecified atom stereocenters. The highest BCUT2D eigenvalue weighted by molar-refractivity contribution is 5.72. The zero-order valence-electron chi connectivity index (χ0n) is 14.6. The number of carbonyl (C=O) groups excluding carboxylic acids is 1. The fourth-order valence-corrected chi connectivity index (χ4v) is 2.33. The number of rotatable bonds is 9. The van der Waals surface area contributed by atoms with Gasteiger partial charge in [0.2, 0.25) is 0 Å². The van der Waals surface area contributed by atoms with Gasteiger partial charge in [0.25, 0.3) is 0 Å². The first-order valence-corrected chi connectivity index (χ1v) is 8.33. The molecule has 0 amide bonds. The fourth-order valence-electron chi connectivity index (χ4n) is 2.33. The van der Waals surface area contributed by atoms with Crippen LogP contribution in [-0.4, -0.2) is 37.4 Å². The lowest BCUT2D eigenvalue weighted by Gasteiger charge is -2.18. The number of hydrogen-bond acceptors (Lipinski definition) is 5. The van der Waals surface area contributed by atoms with Crippen LogP contribution in [0.2, 0.25) is 0 Å². The molecule has 0 bridgehead atoms. The molecular weight excluding hydrogens is 318 g/mol. The minimum absolute atomic E-state index is 0.0908. The van der Waals surface area contributed by atoms with Crippen LogP contribution in [0.25, 0.3) is 0 Å². The summed E-state index contributed by atoms with van der Waals surface area (Å²) in [6.07, 6.45) is -0.284. The topological polar surface area (TPSA) is 67.8 Å². The Hall–Kier alpha value is -2.37. The van der Waals surface area contributed by atoms with Gasteiger partial charge in [-0.1, -0.05) is 42.5 Å². The maximum atomic E-state index is 11.2. The summed E-state index contributed by atoms with van der Waals surface area (Å²) >= 11 is 0. The molecule has 0 spiro atoms. The maximum Gasteiger partial charge on any atom is 0.309 e. The van der Waals surface area contributed by atoms with Gasteiger partial charge in [-0.25, -0.2) is 0 Å². The molecule has 2 N–H and O–H groups in total. The van der Waals surface area contributed by atoms with E-state index in [2.05, 4.69) is 10.1 Å². The largest absolute Gasteiger partial charge is 0.492 e. The molecular formula is C20H25NO4. The number of aliphatic hydroxyl groups excluding tert-OH is 1. The van der Waals surface area contributed by atoms with Crippen LogP contribution in [0.3, 0.4) is 0 Å². The summed E-state index contributed by atoms with van der Waals surface area (Å²) in [7, 11) is 1.38. The fraction of sp³-hybridized carbons (Fsp3) is 0.350. The molecule has 2 atom stereocenters. The monoisotopic (exact) mass is 343 g/mol.